The highest BCUT2D eigenvalue weighted by Gasteiger charge is 2.10. The van der Waals surface area contributed by atoms with E-state index in [1.807, 2.05) is 32.0 Å². The molecule has 0 aliphatic carbocycles. The summed E-state index contributed by atoms with van der Waals surface area (Å²) < 4.78 is 6.68. The van der Waals surface area contributed by atoms with E-state index < -0.39 is 0 Å². The lowest BCUT2D eigenvalue weighted by Gasteiger charge is -2.12. The highest BCUT2D eigenvalue weighted by molar-refractivity contribution is 5.82. The van der Waals surface area contributed by atoms with E-state index in [9.17, 15) is 4.79 Å². The van der Waals surface area contributed by atoms with Gasteiger partial charge in [-0.05, 0) is 31.9 Å². The Labute approximate surface area is 129 Å². The van der Waals surface area contributed by atoms with Crippen LogP contribution in [-0.2, 0) is 11.3 Å². The normalized spacial score (nSPS) is 11.9. The number of para-hydroxylation sites is 1. The molecule has 0 radical (unpaired) electrons. The topological polar surface area (TPSA) is 68.5 Å². The molecular weight excluding hydrogens is 280 g/mol. The van der Waals surface area contributed by atoms with Gasteiger partial charge in [-0.25, -0.2) is 10.4 Å². The summed E-state index contributed by atoms with van der Waals surface area (Å²) in [5, 5.41) is 4.88. The van der Waals surface area contributed by atoms with E-state index in [0.29, 0.717) is 30.0 Å². The van der Waals surface area contributed by atoms with Crippen LogP contribution >= 0.6 is 0 Å². The minimum absolute atomic E-state index is 0.0615. The first-order valence-electron chi connectivity index (χ1n) is 7.45. The predicted molar refractivity (Wildman–Crippen MR) is 89.5 cm³/mol. The van der Waals surface area contributed by atoms with Crippen LogP contribution < -0.4 is 11.0 Å². The third-order valence-electron chi connectivity index (χ3n) is 3.45. The van der Waals surface area contributed by atoms with E-state index in [0.717, 1.165) is 18.6 Å². The average Bonchev–Trinajstić information content (AvgIpc) is 2.55. The third kappa shape index (κ3) is 3.71. The van der Waals surface area contributed by atoms with Crippen molar-refractivity contribution >= 4 is 22.6 Å². The summed E-state index contributed by atoms with van der Waals surface area (Å²) in [5.41, 5.74) is 4.48. The Morgan fingerprint density at radius 1 is 1.41 bits per heavy atom. The molecule has 0 saturated carbocycles. The van der Waals surface area contributed by atoms with E-state index in [-0.39, 0.29) is 5.56 Å². The Morgan fingerprint density at radius 3 is 2.91 bits per heavy atom. The number of rotatable bonds is 7. The largest absolute Gasteiger partial charge is 0.385 e. The zero-order chi connectivity index (χ0) is 15.9. The number of methoxy groups -OCH3 is 1. The van der Waals surface area contributed by atoms with E-state index in [2.05, 4.69) is 15.5 Å². The Balaban J connectivity index is 2.45. The molecule has 0 atom stereocenters. The summed E-state index contributed by atoms with van der Waals surface area (Å²) in [4.78, 5) is 17.2. The van der Waals surface area contributed by atoms with Crippen LogP contribution in [0.2, 0.25) is 0 Å². The minimum Gasteiger partial charge on any atom is -0.385 e. The Bertz CT molecular complexity index is 722. The monoisotopic (exact) mass is 302 g/mol. The van der Waals surface area contributed by atoms with Gasteiger partial charge in [-0.3, -0.25) is 9.36 Å². The summed E-state index contributed by atoms with van der Waals surface area (Å²) in [7, 11) is 1.65. The van der Waals surface area contributed by atoms with Crippen LogP contribution in [0, 0.1) is 0 Å². The fraction of sp³-hybridized carbons (Fsp3) is 0.438. The number of aromatic nitrogens is 2. The molecule has 0 bridgehead atoms. The molecule has 0 spiro atoms. The Kier molecular flexibility index (Phi) is 5.66. The number of hydrazone groups is 1. The molecule has 0 amide bonds. The molecule has 1 N–H and O–H groups in total. The van der Waals surface area contributed by atoms with Crippen LogP contribution in [0.3, 0.4) is 0 Å². The maximum Gasteiger partial charge on any atom is 0.262 e. The zero-order valence-corrected chi connectivity index (χ0v) is 13.3. The molecule has 2 rings (SSSR count). The van der Waals surface area contributed by atoms with Gasteiger partial charge >= 0.3 is 0 Å². The van der Waals surface area contributed by atoms with E-state index in [1.165, 1.54) is 0 Å². The fourth-order valence-corrected chi connectivity index (χ4v) is 2.05. The lowest BCUT2D eigenvalue weighted by atomic mass is 10.2. The molecule has 2 aromatic rings. The molecule has 6 nitrogen and oxygen atoms in total. The number of anilines is 1. The quantitative estimate of drug-likeness (QED) is 0.485. The summed E-state index contributed by atoms with van der Waals surface area (Å²) in [5.74, 6) is 0.465. The molecule has 0 unspecified atom stereocenters. The zero-order valence-electron chi connectivity index (χ0n) is 13.3. The van der Waals surface area contributed by atoms with Crippen LogP contribution in [0.25, 0.3) is 10.9 Å². The van der Waals surface area contributed by atoms with Crippen molar-refractivity contribution in [2.45, 2.75) is 33.2 Å². The van der Waals surface area contributed by atoms with Crippen molar-refractivity contribution in [1.29, 1.82) is 0 Å². The van der Waals surface area contributed by atoms with Crippen molar-refractivity contribution in [2.24, 2.45) is 5.10 Å². The Morgan fingerprint density at radius 2 is 2.18 bits per heavy atom. The summed E-state index contributed by atoms with van der Waals surface area (Å²) >= 11 is 0. The molecule has 1 aromatic heterocycles. The average molecular weight is 302 g/mol. The highest BCUT2D eigenvalue weighted by Crippen LogP contribution is 2.11. The fourth-order valence-electron chi connectivity index (χ4n) is 2.05. The molecule has 0 fully saturated rings. The molecule has 6 heteroatoms. The standard InChI is InChI=1S/C16H22N4O2/c1-4-12(2)18-19-16-17-14-9-6-5-8-13(14)15(21)20(16)10-7-11-22-3/h5-6,8-9H,4,7,10-11H2,1-3H3,(H,17,19)/b18-12-. The summed E-state index contributed by atoms with van der Waals surface area (Å²) in [6.45, 7) is 5.09. The second-order valence-electron chi connectivity index (χ2n) is 5.07. The van der Waals surface area contributed by atoms with E-state index in [1.54, 1.807) is 17.7 Å². The number of nitrogens with zero attached hydrogens (tertiary/aromatic N) is 3. The third-order valence-corrected chi connectivity index (χ3v) is 3.45. The van der Waals surface area contributed by atoms with Crippen molar-refractivity contribution in [3.8, 4) is 0 Å². The van der Waals surface area contributed by atoms with Gasteiger partial charge in [-0.2, -0.15) is 5.10 Å². The van der Waals surface area contributed by atoms with Gasteiger partial charge in [0.2, 0.25) is 5.95 Å². The van der Waals surface area contributed by atoms with Gasteiger partial charge in [0, 0.05) is 26.0 Å². The highest BCUT2D eigenvalue weighted by atomic mass is 16.5. The van der Waals surface area contributed by atoms with Gasteiger partial charge in [0.1, 0.15) is 0 Å². The predicted octanol–water partition coefficient (Wildman–Crippen LogP) is 2.63. The van der Waals surface area contributed by atoms with Crippen LogP contribution in [0.15, 0.2) is 34.2 Å². The first kappa shape index (κ1) is 16.2. The molecule has 0 aliphatic rings. The minimum atomic E-state index is -0.0615. The van der Waals surface area contributed by atoms with Gasteiger partial charge in [0.05, 0.1) is 10.9 Å². The molecule has 1 heterocycles. The van der Waals surface area contributed by atoms with Crippen LogP contribution in [0.1, 0.15) is 26.7 Å². The summed E-state index contributed by atoms with van der Waals surface area (Å²) in [6.07, 6.45) is 1.58. The number of hydrogen-bond donors (Lipinski definition) is 1. The van der Waals surface area contributed by atoms with Gasteiger partial charge in [-0.1, -0.05) is 19.1 Å². The van der Waals surface area contributed by atoms with Gasteiger partial charge < -0.3 is 4.74 Å². The van der Waals surface area contributed by atoms with Crippen LogP contribution in [0.5, 0.6) is 0 Å². The molecule has 1 aromatic carbocycles. The maximum absolute atomic E-state index is 12.7. The number of hydrogen-bond acceptors (Lipinski definition) is 5. The molecule has 0 aliphatic heterocycles. The second kappa shape index (κ2) is 7.70. The first-order valence-corrected chi connectivity index (χ1v) is 7.45. The number of nitrogens with one attached hydrogen (secondary N) is 1. The molecule has 22 heavy (non-hydrogen) atoms. The maximum atomic E-state index is 12.7. The van der Waals surface area contributed by atoms with E-state index in [4.69, 9.17) is 4.74 Å². The number of benzene rings is 1. The SMILES string of the molecule is CC/C(C)=N\Nc1nc2ccccc2c(=O)n1CCCOC. The van der Waals surface area contributed by atoms with Crippen molar-refractivity contribution in [3.05, 3.63) is 34.6 Å². The van der Waals surface area contributed by atoms with Crippen LogP contribution in [-0.4, -0.2) is 29.0 Å². The smallest absolute Gasteiger partial charge is 0.262 e. The molecular formula is C16H22N4O2. The lowest BCUT2D eigenvalue weighted by Crippen LogP contribution is -2.25. The van der Waals surface area contributed by atoms with Gasteiger partial charge in [0.25, 0.3) is 5.56 Å². The van der Waals surface area contributed by atoms with E-state index >= 15 is 0 Å². The Hall–Kier alpha value is -2.21. The lowest BCUT2D eigenvalue weighted by molar-refractivity contribution is 0.190. The van der Waals surface area contributed by atoms with Crippen LogP contribution in [0.4, 0.5) is 5.95 Å². The molecule has 118 valence electrons. The van der Waals surface area contributed by atoms with Gasteiger partial charge in [-0.15, -0.1) is 0 Å². The van der Waals surface area contributed by atoms with Crippen molar-refractivity contribution in [1.82, 2.24) is 9.55 Å². The van der Waals surface area contributed by atoms with Gasteiger partial charge in [0.15, 0.2) is 0 Å². The van der Waals surface area contributed by atoms with Crippen molar-refractivity contribution in [2.75, 3.05) is 19.1 Å². The second-order valence-corrected chi connectivity index (χ2v) is 5.07. The molecule has 0 saturated heterocycles. The number of ether oxygens (including phenoxy) is 1. The van der Waals surface area contributed by atoms with Crippen molar-refractivity contribution in [3.63, 3.8) is 0 Å². The number of fused-ring (bicyclic) bond motifs is 1. The van der Waals surface area contributed by atoms with Crippen molar-refractivity contribution < 1.29 is 4.74 Å². The summed E-state index contributed by atoms with van der Waals surface area (Å²) in [6, 6.07) is 7.34. The first-order chi connectivity index (χ1) is 10.7.